The first-order chi connectivity index (χ1) is 8.63. The molecule has 0 aliphatic carbocycles. The summed E-state index contributed by atoms with van der Waals surface area (Å²) in [5.74, 6) is 0. The third kappa shape index (κ3) is 2.88. The third-order valence-electron chi connectivity index (χ3n) is 2.07. The van der Waals surface area contributed by atoms with Crippen LogP contribution in [0.4, 0.5) is 0 Å². The third-order valence-corrected chi connectivity index (χ3v) is 3.72. The molecule has 0 atom stereocenters. The molecule has 0 spiro atoms. The number of aromatic amines is 1. The average Bonchev–Trinajstić information content (AvgIpc) is 2.69. The Morgan fingerprint density at radius 1 is 1.50 bits per heavy atom. The van der Waals surface area contributed by atoms with Crippen molar-refractivity contribution in [3.63, 3.8) is 0 Å². The highest BCUT2D eigenvalue weighted by Gasteiger charge is 2.11. The molecule has 6 nitrogen and oxygen atoms in total. The van der Waals surface area contributed by atoms with Gasteiger partial charge in [0.15, 0.2) is 10.3 Å². The molecule has 9 heteroatoms. The van der Waals surface area contributed by atoms with Crippen LogP contribution in [0.5, 0.6) is 0 Å². The van der Waals surface area contributed by atoms with Crippen LogP contribution in [0.2, 0.25) is 5.15 Å². The zero-order valence-corrected chi connectivity index (χ0v) is 12.1. The average molecular weight is 304 g/mol. The van der Waals surface area contributed by atoms with Gasteiger partial charge in [0.2, 0.25) is 0 Å². The van der Waals surface area contributed by atoms with E-state index >= 15 is 0 Å². The van der Waals surface area contributed by atoms with Crippen molar-refractivity contribution in [2.24, 2.45) is 0 Å². The molecule has 0 saturated heterocycles. The molecule has 2 aromatic heterocycles. The Bertz CT molecular complexity index is 611. The van der Waals surface area contributed by atoms with E-state index in [4.69, 9.17) is 11.6 Å². The minimum absolute atomic E-state index is 0.231. The van der Waals surface area contributed by atoms with Crippen LogP contribution in [0, 0.1) is 0 Å². The summed E-state index contributed by atoms with van der Waals surface area (Å²) in [5, 5.41) is 8.53. The topological polar surface area (TPSA) is 76.5 Å². The van der Waals surface area contributed by atoms with Gasteiger partial charge in [-0.3, -0.25) is 4.57 Å². The summed E-state index contributed by atoms with van der Waals surface area (Å²) < 4.78 is 1.53. The maximum absolute atomic E-state index is 11.4. The first-order valence-corrected chi connectivity index (χ1v) is 7.47. The summed E-state index contributed by atoms with van der Waals surface area (Å²) >= 11 is 8.58. The lowest BCUT2D eigenvalue weighted by molar-refractivity contribution is 0.659. The highest BCUT2D eigenvalue weighted by atomic mass is 35.5. The molecule has 18 heavy (non-hydrogen) atoms. The molecule has 0 unspecified atom stereocenters. The lowest BCUT2D eigenvalue weighted by Crippen LogP contribution is -2.16. The number of nitrogens with zero attached hydrogens (tertiary/aromatic N) is 4. The number of halogens is 1. The van der Waals surface area contributed by atoms with E-state index in [-0.39, 0.29) is 5.69 Å². The molecule has 2 rings (SSSR count). The molecular formula is C9H10ClN5OS2. The molecule has 1 N–H and O–H groups in total. The van der Waals surface area contributed by atoms with E-state index in [1.165, 1.54) is 28.1 Å². The van der Waals surface area contributed by atoms with Crippen LogP contribution in [0.3, 0.4) is 0 Å². The number of rotatable bonds is 4. The highest BCUT2D eigenvalue weighted by molar-refractivity contribution is 7.99. The Kier molecular flexibility index (Phi) is 4.31. The van der Waals surface area contributed by atoms with Gasteiger partial charge in [0.25, 0.3) is 0 Å². The van der Waals surface area contributed by atoms with Crippen LogP contribution >= 0.6 is 35.1 Å². The van der Waals surface area contributed by atoms with Gasteiger partial charge in [-0.1, -0.05) is 23.4 Å². The number of aromatic nitrogens is 5. The second kappa shape index (κ2) is 5.77. The first kappa shape index (κ1) is 13.4. The van der Waals surface area contributed by atoms with Gasteiger partial charge in [0.05, 0.1) is 0 Å². The minimum Gasteiger partial charge on any atom is -0.270 e. The maximum atomic E-state index is 11.4. The molecule has 96 valence electrons. The number of hydrogen-bond acceptors (Lipinski definition) is 6. The van der Waals surface area contributed by atoms with Crippen molar-refractivity contribution in [2.45, 2.75) is 28.8 Å². The molecule has 2 heterocycles. The summed E-state index contributed by atoms with van der Waals surface area (Å²) in [5.41, 5.74) is -0.231. The van der Waals surface area contributed by atoms with Crippen molar-refractivity contribution in [2.75, 3.05) is 6.26 Å². The summed E-state index contributed by atoms with van der Waals surface area (Å²) in [6, 6.07) is 1.64. The van der Waals surface area contributed by atoms with E-state index in [9.17, 15) is 4.79 Å². The predicted octanol–water partition coefficient (Wildman–Crippen LogP) is 1.91. The summed E-state index contributed by atoms with van der Waals surface area (Å²) in [6.07, 6.45) is 1.87. The normalized spacial score (nSPS) is 10.8. The first-order valence-electron chi connectivity index (χ1n) is 5.05. The van der Waals surface area contributed by atoms with Crippen molar-refractivity contribution in [3.8, 4) is 0 Å². The Hall–Kier alpha value is -0.990. The van der Waals surface area contributed by atoms with Gasteiger partial charge in [-0.05, 0) is 24.9 Å². The maximum Gasteiger partial charge on any atom is 0.343 e. The smallest absolute Gasteiger partial charge is 0.270 e. The number of H-pyrrole nitrogens is 1. The van der Waals surface area contributed by atoms with E-state index in [0.717, 1.165) is 0 Å². The molecule has 0 aromatic carbocycles. The fourth-order valence-corrected chi connectivity index (χ4v) is 2.91. The van der Waals surface area contributed by atoms with E-state index in [0.29, 0.717) is 27.0 Å². The van der Waals surface area contributed by atoms with E-state index < -0.39 is 0 Å². The van der Waals surface area contributed by atoms with Crippen molar-refractivity contribution in [1.29, 1.82) is 0 Å². The van der Waals surface area contributed by atoms with Crippen molar-refractivity contribution in [1.82, 2.24) is 24.7 Å². The van der Waals surface area contributed by atoms with Gasteiger partial charge in [-0.15, -0.1) is 5.10 Å². The lowest BCUT2D eigenvalue weighted by Gasteiger charge is -2.03. The quantitative estimate of drug-likeness (QED) is 0.528. The Balaban J connectivity index is 2.33. The molecule has 0 fully saturated rings. The fraction of sp³-hybridized carbons (Fsp3) is 0.333. The van der Waals surface area contributed by atoms with Gasteiger partial charge in [0, 0.05) is 12.6 Å². The van der Waals surface area contributed by atoms with Crippen LogP contribution in [0.15, 0.2) is 26.2 Å². The van der Waals surface area contributed by atoms with E-state index in [1.54, 1.807) is 6.07 Å². The Labute approximate surface area is 117 Å². The van der Waals surface area contributed by atoms with Gasteiger partial charge in [-0.2, -0.15) is 0 Å². The molecule has 0 amide bonds. The van der Waals surface area contributed by atoms with E-state index in [1.807, 2.05) is 13.2 Å². The lowest BCUT2D eigenvalue weighted by atomic mass is 10.7. The molecule has 0 aliphatic heterocycles. The highest BCUT2D eigenvalue weighted by Crippen LogP contribution is 2.26. The van der Waals surface area contributed by atoms with Crippen LogP contribution in [-0.2, 0) is 6.54 Å². The molecule has 0 radical (unpaired) electrons. The zero-order valence-electron chi connectivity index (χ0n) is 9.68. The van der Waals surface area contributed by atoms with Gasteiger partial charge < -0.3 is 0 Å². The molecule has 0 saturated carbocycles. The molecule has 0 aliphatic rings. The Morgan fingerprint density at radius 3 is 2.94 bits per heavy atom. The number of nitrogens with one attached hydrogen (secondary N) is 1. The van der Waals surface area contributed by atoms with Crippen molar-refractivity contribution in [3.05, 3.63) is 21.7 Å². The standard InChI is InChI=1S/C9H10ClN5OS2/c1-3-15-8(16)13-14-9(15)18-6-4-5(10)11-7(12-6)17-2/h4H,3H2,1-2H3,(H,13,16). The van der Waals surface area contributed by atoms with Gasteiger partial charge in [0.1, 0.15) is 10.2 Å². The van der Waals surface area contributed by atoms with Crippen molar-refractivity contribution < 1.29 is 0 Å². The van der Waals surface area contributed by atoms with Crippen LogP contribution in [0.25, 0.3) is 0 Å². The number of thioether (sulfide) groups is 1. The molecule has 2 aromatic rings. The number of hydrogen-bond donors (Lipinski definition) is 1. The Morgan fingerprint density at radius 2 is 2.28 bits per heavy atom. The minimum atomic E-state index is -0.231. The summed E-state index contributed by atoms with van der Waals surface area (Å²) in [6.45, 7) is 2.42. The second-order valence-corrected chi connectivity index (χ2v) is 5.32. The molecular weight excluding hydrogens is 294 g/mol. The monoisotopic (exact) mass is 303 g/mol. The van der Waals surface area contributed by atoms with Gasteiger partial charge >= 0.3 is 5.69 Å². The zero-order chi connectivity index (χ0) is 13.1. The molecule has 0 bridgehead atoms. The van der Waals surface area contributed by atoms with Crippen LogP contribution in [0.1, 0.15) is 6.92 Å². The van der Waals surface area contributed by atoms with E-state index in [2.05, 4.69) is 20.2 Å². The summed E-state index contributed by atoms with van der Waals surface area (Å²) in [4.78, 5) is 19.8. The fourth-order valence-electron chi connectivity index (χ4n) is 1.27. The van der Waals surface area contributed by atoms with Crippen LogP contribution < -0.4 is 5.69 Å². The SMILES string of the molecule is CCn1c(Sc2cc(Cl)nc(SC)n2)n[nH]c1=O. The van der Waals surface area contributed by atoms with Crippen molar-refractivity contribution >= 4 is 35.1 Å². The van der Waals surface area contributed by atoms with Crippen LogP contribution in [-0.4, -0.2) is 31.0 Å². The predicted molar refractivity (Wildman–Crippen MR) is 71.5 cm³/mol. The van der Waals surface area contributed by atoms with Gasteiger partial charge in [-0.25, -0.2) is 19.9 Å². The summed E-state index contributed by atoms with van der Waals surface area (Å²) in [7, 11) is 0. The second-order valence-electron chi connectivity index (χ2n) is 3.17. The largest absolute Gasteiger partial charge is 0.343 e.